The average molecular weight is 278 g/mol. The Bertz CT molecular complexity index is 646. The van der Waals surface area contributed by atoms with Gasteiger partial charge in [0.25, 0.3) is 0 Å². The number of aromatic nitrogens is 1. The van der Waals surface area contributed by atoms with Gasteiger partial charge >= 0.3 is 5.69 Å². The Hall–Kier alpha value is -2.54. The van der Waals surface area contributed by atoms with Crippen molar-refractivity contribution in [3.8, 4) is 11.6 Å². The molecule has 0 amide bonds. The first-order chi connectivity index (χ1) is 9.47. The monoisotopic (exact) mass is 278 g/mol. The maximum atomic E-state index is 13.2. The van der Waals surface area contributed by atoms with E-state index in [9.17, 15) is 19.6 Å². The van der Waals surface area contributed by atoms with Crippen LogP contribution in [-0.4, -0.2) is 15.0 Å². The second-order valence-corrected chi connectivity index (χ2v) is 4.07. The first kappa shape index (κ1) is 13.9. The Labute approximate surface area is 113 Å². The van der Waals surface area contributed by atoms with Crippen LogP contribution in [0.25, 0.3) is 0 Å². The molecule has 2 aromatic rings. The SMILES string of the molecule is C[C@H](O)c1ccnc(Oc2cc(F)ccc2[N+](=O)[O-])c1. The van der Waals surface area contributed by atoms with E-state index >= 15 is 0 Å². The van der Waals surface area contributed by atoms with Gasteiger partial charge in [-0.05, 0) is 24.6 Å². The van der Waals surface area contributed by atoms with Crippen LogP contribution in [0.3, 0.4) is 0 Å². The van der Waals surface area contributed by atoms with Crippen LogP contribution in [0.4, 0.5) is 10.1 Å². The lowest BCUT2D eigenvalue weighted by atomic mass is 10.2. The zero-order valence-electron chi connectivity index (χ0n) is 10.5. The molecule has 7 heteroatoms. The number of nitro benzene ring substituents is 1. The largest absolute Gasteiger partial charge is 0.432 e. The molecule has 104 valence electrons. The quantitative estimate of drug-likeness (QED) is 0.686. The highest BCUT2D eigenvalue weighted by Crippen LogP contribution is 2.31. The van der Waals surface area contributed by atoms with Gasteiger partial charge in [0.15, 0.2) is 0 Å². The van der Waals surface area contributed by atoms with E-state index in [1.165, 1.54) is 12.3 Å². The van der Waals surface area contributed by atoms with Crippen LogP contribution in [0, 0.1) is 15.9 Å². The van der Waals surface area contributed by atoms with Crippen molar-refractivity contribution < 1.29 is 19.2 Å². The fourth-order valence-electron chi connectivity index (χ4n) is 1.57. The van der Waals surface area contributed by atoms with Gasteiger partial charge in [-0.15, -0.1) is 0 Å². The van der Waals surface area contributed by atoms with Crippen molar-refractivity contribution in [2.24, 2.45) is 0 Å². The van der Waals surface area contributed by atoms with Gasteiger partial charge in [0.2, 0.25) is 11.6 Å². The summed E-state index contributed by atoms with van der Waals surface area (Å²) in [6, 6.07) is 5.92. The highest BCUT2D eigenvalue weighted by Gasteiger charge is 2.17. The van der Waals surface area contributed by atoms with Gasteiger partial charge < -0.3 is 9.84 Å². The van der Waals surface area contributed by atoms with Crippen molar-refractivity contribution in [3.63, 3.8) is 0 Å². The summed E-state index contributed by atoms with van der Waals surface area (Å²) < 4.78 is 18.4. The second kappa shape index (κ2) is 5.62. The van der Waals surface area contributed by atoms with Gasteiger partial charge in [-0.1, -0.05) is 0 Å². The molecule has 0 radical (unpaired) electrons. The molecule has 0 unspecified atom stereocenters. The maximum absolute atomic E-state index is 13.2. The minimum Gasteiger partial charge on any atom is -0.432 e. The third kappa shape index (κ3) is 3.07. The van der Waals surface area contributed by atoms with E-state index in [1.807, 2.05) is 0 Å². The fourth-order valence-corrected chi connectivity index (χ4v) is 1.57. The number of hydrogen-bond donors (Lipinski definition) is 1. The lowest BCUT2D eigenvalue weighted by molar-refractivity contribution is -0.385. The number of pyridine rings is 1. The van der Waals surface area contributed by atoms with E-state index in [4.69, 9.17) is 4.74 Å². The number of hydrogen-bond acceptors (Lipinski definition) is 5. The van der Waals surface area contributed by atoms with Gasteiger partial charge in [-0.2, -0.15) is 0 Å². The number of aliphatic hydroxyl groups excluding tert-OH is 1. The summed E-state index contributed by atoms with van der Waals surface area (Å²) in [5, 5.41) is 20.3. The lowest BCUT2D eigenvalue weighted by Crippen LogP contribution is -1.97. The summed E-state index contributed by atoms with van der Waals surface area (Å²) >= 11 is 0. The fraction of sp³-hybridized carbons (Fsp3) is 0.154. The third-order valence-corrected chi connectivity index (χ3v) is 2.57. The van der Waals surface area contributed by atoms with Gasteiger partial charge in [0, 0.05) is 24.4 Å². The van der Waals surface area contributed by atoms with Gasteiger partial charge in [0.05, 0.1) is 11.0 Å². The molecule has 1 aromatic carbocycles. The summed E-state index contributed by atoms with van der Waals surface area (Å²) in [7, 11) is 0. The molecule has 0 aliphatic rings. The molecule has 2 rings (SSSR count). The third-order valence-electron chi connectivity index (χ3n) is 2.57. The average Bonchev–Trinajstić information content (AvgIpc) is 2.38. The second-order valence-electron chi connectivity index (χ2n) is 4.07. The van der Waals surface area contributed by atoms with Crippen LogP contribution < -0.4 is 4.74 Å². The first-order valence-corrected chi connectivity index (χ1v) is 5.73. The molecule has 0 saturated carbocycles. The van der Waals surface area contributed by atoms with Gasteiger partial charge in [-0.25, -0.2) is 9.37 Å². The highest BCUT2D eigenvalue weighted by atomic mass is 19.1. The molecule has 0 aliphatic carbocycles. The Morgan fingerprint density at radius 2 is 2.15 bits per heavy atom. The Balaban J connectivity index is 2.36. The summed E-state index contributed by atoms with van der Waals surface area (Å²) in [5.74, 6) is -0.861. The highest BCUT2D eigenvalue weighted by molar-refractivity contribution is 5.48. The van der Waals surface area contributed by atoms with Crippen LogP contribution in [0.5, 0.6) is 11.6 Å². The van der Waals surface area contributed by atoms with Crippen molar-refractivity contribution in [2.45, 2.75) is 13.0 Å². The number of benzene rings is 1. The van der Waals surface area contributed by atoms with Crippen LogP contribution in [0.2, 0.25) is 0 Å². The van der Waals surface area contributed by atoms with E-state index in [2.05, 4.69) is 4.98 Å². The number of halogens is 1. The van der Waals surface area contributed by atoms with E-state index in [-0.39, 0.29) is 17.3 Å². The van der Waals surface area contributed by atoms with Crippen molar-refractivity contribution in [1.82, 2.24) is 4.98 Å². The maximum Gasteiger partial charge on any atom is 0.311 e. The van der Waals surface area contributed by atoms with Crippen LogP contribution in [0.15, 0.2) is 36.5 Å². The van der Waals surface area contributed by atoms with Gasteiger partial charge in [-0.3, -0.25) is 10.1 Å². The molecular formula is C13H11FN2O4. The molecular weight excluding hydrogens is 267 g/mol. The molecule has 1 aromatic heterocycles. The van der Waals surface area contributed by atoms with E-state index < -0.39 is 16.8 Å². The molecule has 20 heavy (non-hydrogen) atoms. The first-order valence-electron chi connectivity index (χ1n) is 5.73. The zero-order chi connectivity index (χ0) is 14.7. The van der Waals surface area contributed by atoms with Crippen molar-refractivity contribution >= 4 is 5.69 Å². The minimum atomic E-state index is -0.733. The number of aliphatic hydroxyl groups is 1. The predicted octanol–water partition coefficient (Wildman–Crippen LogP) is 2.97. The smallest absolute Gasteiger partial charge is 0.311 e. The topological polar surface area (TPSA) is 85.5 Å². The van der Waals surface area contributed by atoms with E-state index in [0.29, 0.717) is 5.56 Å². The number of nitro groups is 1. The number of rotatable bonds is 4. The van der Waals surface area contributed by atoms with E-state index in [1.54, 1.807) is 13.0 Å². The number of nitrogens with zero attached hydrogens (tertiary/aromatic N) is 2. The molecule has 0 spiro atoms. The Morgan fingerprint density at radius 1 is 1.40 bits per heavy atom. The van der Waals surface area contributed by atoms with Crippen molar-refractivity contribution in [2.75, 3.05) is 0 Å². The summed E-state index contributed by atoms with van der Waals surface area (Å²) in [4.78, 5) is 14.0. The Morgan fingerprint density at radius 3 is 2.80 bits per heavy atom. The van der Waals surface area contributed by atoms with Crippen LogP contribution in [-0.2, 0) is 0 Å². The molecule has 1 atom stereocenters. The normalized spacial score (nSPS) is 11.9. The predicted molar refractivity (Wildman–Crippen MR) is 68.0 cm³/mol. The molecule has 0 saturated heterocycles. The van der Waals surface area contributed by atoms with E-state index in [0.717, 1.165) is 18.2 Å². The molecule has 6 nitrogen and oxygen atoms in total. The molecule has 0 bridgehead atoms. The lowest BCUT2D eigenvalue weighted by Gasteiger charge is -2.08. The standard InChI is InChI=1S/C13H11FN2O4/c1-8(17)9-4-5-15-13(6-9)20-12-7-10(14)2-3-11(12)16(18)19/h2-8,17H,1H3/t8-/m0/s1. The van der Waals surface area contributed by atoms with Crippen LogP contribution >= 0.6 is 0 Å². The minimum absolute atomic E-state index is 0.0390. The Kier molecular flexibility index (Phi) is 3.90. The summed E-state index contributed by atoms with van der Waals surface area (Å²) in [6.07, 6.45) is 0.658. The van der Waals surface area contributed by atoms with Crippen molar-refractivity contribution in [1.29, 1.82) is 0 Å². The molecule has 1 heterocycles. The zero-order valence-corrected chi connectivity index (χ0v) is 10.5. The molecule has 1 N–H and O–H groups in total. The molecule has 0 aliphatic heterocycles. The van der Waals surface area contributed by atoms with Crippen LogP contribution in [0.1, 0.15) is 18.6 Å². The summed E-state index contributed by atoms with van der Waals surface area (Å²) in [5.41, 5.74) is 0.171. The number of ether oxygens (including phenoxy) is 1. The molecule has 0 fully saturated rings. The van der Waals surface area contributed by atoms with Gasteiger partial charge in [0.1, 0.15) is 5.82 Å². The summed E-state index contributed by atoms with van der Waals surface area (Å²) in [6.45, 7) is 1.56. The van der Waals surface area contributed by atoms with Crippen molar-refractivity contribution in [3.05, 3.63) is 58.0 Å².